The summed E-state index contributed by atoms with van der Waals surface area (Å²) >= 11 is 0. The molecule has 0 fully saturated rings. The minimum atomic E-state index is 0. The van der Waals surface area contributed by atoms with Gasteiger partial charge in [0, 0.05) is 94.7 Å². The molecule has 2 rings (SSSR count). The third-order valence-electron chi connectivity index (χ3n) is 1.85. The van der Waals surface area contributed by atoms with Gasteiger partial charge in [-0.25, -0.2) is 0 Å². The van der Waals surface area contributed by atoms with Crippen LogP contribution in [0.25, 0.3) is 0 Å². The SMILES string of the molecule is P/N=C1\NCc2ccccc21.[Pr].[Pr]. The molecule has 2 radical (unpaired) electrons. The molecule has 0 bridgehead atoms. The zero-order valence-electron chi connectivity index (χ0n) is 7.20. The average Bonchev–Trinajstić information content (AvgIpc) is 2.47. The summed E-state index contributed by atoms with van der Waals surface area (Å²) < 4.78 is 4.05. The molecule has 5 heteroatoms. The van der Waals surface area contributed by atoms with E-state index in [1.807, 2.05) is 12.1 Å². The van der Waals surface area contributed by atoms with Crippen molar-refractivity contribution >= 4 is 15.2 Å². The van der Waals surface area contributed by atoms with Gasteiger partial charge in [-0.3, -0.25) is 4.76 Å². The van der Waals surface area contributed by atoms with Crippen LogP contribution in [0.1, 0.15) is 11.1 Å². The van der Waals surface area contributed by atoms with Crippen LogP contribution in [0.15, 0.2) is 29.0 Å². The summed E-state index contributed by atoms with van der Waals surface area (Å²) in [5.74, 6) is 0.977. The summed E-state index contributed by atoms with van der Waals surface area (Å²) in [5.41, 5.74) is 2.55. The molecule has 1 aromatic rings. The smallest absolute Gasteiger partial charge is 0.132 e. The minimum absolute atomic E-state index is 0. The van der Waals surface area contributed by atoms with E-state index in [0.29, 0.717) is 0 Å². The van der Waals surface area contributed by atoms with Gasteiger partial charge in [0.1, 0.15) is 5.84 Å². The van der Waals surface area contributed by atoms with Gasteiger partial charge >= 0.3 is 0 Å². The van der Waals surface area contributed by atoms with Crippen molar-refractivity contribution in [1.82, 2.24) is 5.32 Å². The standard InChI is InChI=1S/C8H9N2P.2Pr/c11-10-8-7-4-2-1-3-6(7)5-9-8;;/h1-4H,5,11H2,(H,9,10);;. The molecule has 1 atom stereocenters. The number of benzene rings is 1. The minimum Gasteiger partial charge on any atom is -0.366 e. The summed E-state index contributed by atoms with van der Waals surface area (Å²) in [6, 6.07) is 8.28. The molecule has 1 heterocycles. The number of nitrogens with zero attached hydrogens (tertiary/aromatic N) is 1. The molecule has 1 unspecified atom stereocenters. The number of hydrogen-bond donors (Lipinski definition) is 1. The quantitative estimate of drug-likeness (QED) is 0.599. The van der Waals surface area contributed by atoms with E-state index >= 15 is 0 Å². The van der Waals surface area contributed by atoms with E-state index in [0.717, 1.165) is 12.4 Å². The van der Waals surface area contributed by atoms with Crippen LogP contribution in [-0.2, 0) is 6.54 Å². The van der Waals surface area contributed by atoms with Crippen LogP contribution in [0.4, 0.5) is 0 Å². The van der Waals surface area contributed by atoms with Crippen LogP contribution in [0.5, 0.6) is 0 Å². The van der Waals surface area contributed by atoms with Gasteiger partial charge < -0.3 is 5.32 Å². The van der Waals surface area contributed by atoms with Gasteiger partial charge in [0.15, 0.2) is 0 Å². The van der Waals surface area contributed by atoms with Gasteiger partial charge in [-0.2, -0.15) is 0 Å². The fourth-order valence-corrected chi connectivity index (χ4v) is 1.53. The molecular weight excluding hydrogens is 437 g/mol. The molecule has 1 N–H and O–H groups in total. The molecule has 1 aliphatic heterocycles. The molecule has 0 saturated heterocycles. The maximum atomic E-state index is 4.05. The second kappa shape index (κ2) is 7.18. The first-order valence-electron chi connectivity index (χ1n) is 3.52. The number of fused-ring (bicyclic) bond motifs is 1. The molecule has 62 valence electrons. The molecule has 1 aromatic carbocycles. The number of amidine groups is 1. The largest absolute Gasteiger partial charge is 0.366 e. The fraction of sp³-hybridized carbons (Fsp3) is 0.125. The molecule has 2 nitrogen and oxygen atoms in total. The van der Waals surface area contributed by atoms with E-state index in [1.54, 1.807) is 0 Å². The van der Waals surface area contributed by atoms with Crippen LogP contribution in [0.3, 0.4) is 0 Å². The zero-order chi connectivity index (χ0) is 7.68. The van der Waals surface area contributed by atoms with Crippen molar-refractivity contribution in [2.24, 2.45) is 4.76 Å². The van der Waals surface area contributed by atoms with E-state index in [2.05, 4.69) is 31.6 Å². The van der Waals surface area contributed by atoms with Gasteiger partial charge in [0.25, 0.3) is 0 Å². The van der Waals surface area contributed by atoms with Crippen molar-refractivity contribution in [2.75, 3.05) is 0 Å². The van der Waals surface area contributed by atoms with Gasteiger partial charge in [-0.05, 0) is 15.0 Å². The van der Waals surface area contributed by atoms with Crippen molar-refractivity contribution < 1.29 is 82.6 Å². The molecule has 0 amide bonds. The Balaban J connectivity index is 0.000000720. The fourth-order valence-electron chi connectivity index (χ4n) is 1.29. The second-order valence-corrected chi connectivity index (χ2v) is 2.75. The predicted molar refractivity (Wildman–Crippen MR) is 49.5 cm³/mol. The van der Waals surface area contributed by atoms with E-state index in [1.165, 1.54) is 11.1 Å². The summed E-state index contributed by atoms with van der Waals surface area (Å²) in [7, 11) is 2.37. The van der Waals surface area contributed by atoms with Gasteiger partial charge in [-0.15, -0.1) is 0 Å². The van der Waals surface area contributed by atoms with Crippen LogP contribution >= 0.6 is 9.39 Å². The Labute approximate surface area is 147 Å². The first-order valence-corrected chi connectivity index (χ1v) is 4.03. The van der Waals surface area contributed by atoms with E-state index < -0.39 is 0 Å². The van der Waals surface area contributed by atoms with Crippen LogP contribution in [0.2, 0.25) is 0 Å². The molecule has 0 aliphatic carbocycles. The number of hydrogen-bond acceptors (Lipinski definition) is 1. The molecule has 0 saturated carbocycles. The van der Waals surface area contributed by atoms with Gasteiger partial charge in [0.05, 0.1) is 0 Å². The Morgan fingerprint density at radius 1 is 1.23 bits per heavy atom. The first kappa shape index (κ1) is 14.8. The van der Waals surface area contributed by atoms with Crippen molar-refractivity contribution in [2.45, 2.75) is 6.54 Å². The van der Waals surface area contributed by atoms with Gasteiger partial charge in [-0.1, -0.05) is 24.3 Å². The maximum Gasteiger partial charge on any atom is 0.132 e. The van der Waals surface area contributed by atoms with Crippen LogP contribution < -0.4 is 5.32 Å². The summed E-state index contributed by atoms with van der Waals surface area (Å²) in [6.45, 7) is 0.906. The Hall–Kier alpha value is 1.85. The van der Waals surface area contributed by atoms with Crippen molar-refractivity contribution in [3.8, 4) is 0 Å². The Morgan fingerprint density at radius 3 is 2.62 bits per heavy atom. The predicted octanol–water partition coefficient (Wildman–Crippen LogP) is 1.33. The van der Waals surface area contributed by atoms with Crippen LogP contribution in [-0.4, -0.2) is 5.84 Å². The zero-order valence-corrected chi connectivity index (χ0v) is 15.8. The second-order valence-electron chi connectivity index (χ2n) is 2.49. The molecule has 0 aromatic heterocycles. The monoisotopic (exact) mass is 446 g/mol. The summed E-state index contributed by atoms with van der Waals surface area (Å²) in [4.78, 5) is 0. The summed E-state index contributed by atoms with van der Waals surface area (Å²) in [6.07, 6.45) is 0. The molecule has 1 aliphatic rings. The first-order chi connectivity index (χ1) is 5.42. The van der Waals surface area contributed by atoms with Crippen molar-refractivity contribution in [1.29, 1.82) is 0 Å². The molecule has 0 spiro atoms. The number of rotatable bonds is 0. The van der Waals surface area contributed by atoms with Crippen LogP contribution in [0, 0.1) is 82.6 Å². The van der Waals surface area contributed by atoms with E-state index in [9.17, 15) is 0 Å². The van der Waals surface area contributed by atoms with E-state index in [-0.39, 0.29) is 82.6 Å². The topological polar surface area (TPSA) is 24.4 Å². The Morgan fingerprint density at radius 2 is 1.92 bits per heavy atom. The molecule has 13 heavy (non-hydrogen) atoms. The Bertz CT molecular complexity index is 315. The molecular formula is C8H9N2PPr2. The third-order valence-corrected chi connectivity index (χ3v) is 2.11. The van der Waals surface area contributed by atoms with Gasteiger partial charge in [0.2, 0.25) is 0 Å². The summed E-state index contributed by atoms with van der Waals surface area (Å²) in [5, 5.41) is 3.20. The third kappa shape index (κ3) is 3.42. The average molecular weight is 446 g/mol. The van der Waals surface area contributed by atoms with Crippen molar-refractivity contribution in [3.63, 3.8) is 0 Å². The number of nitrogens with one attached hydrogen (secondary N) is 1. The van der Waals surface area contributed by atoms with Crippen molar-refractivity contribution in [3.05, 3.63) is 35.4 Å². The van der Waals surface area contributed by atoms with E-state index in [4.69, 9.17) is 0 Å². The maximum absolute atomic E-state index is 4.05. The normalized spacial score (nSPS) is 15.3. The Kier molecular flexibility index (Phi) is 8.19.